The maximum atomic E-state index is 11.6. The van der Waals surface area contributed by atoms with Crippen molar-refractivity contribution in [3.63, 3.8) is 0 Å². The van der Waals surface area contributed by atoms with Gasteiger partial charge in [0.05, 0.1) is 16.2 Å². The lowest BCUT2D eigenvalue weighted by Gasteiger charge is -3.13. The molecule has 4 N–H and O–H groups in total. The van der Waals surface area contributed by atoms with E-state index in [0.29, 0.717) is 0 Å². The van der Waals surface area contributed by atoms with Crippen LogP contribution in [0, 0.1) is 45.3 Å². The molecule has 4 atom stereocenters. The normalized spacial score (nSPS) is 64.4. The van der Waals surface area contributed by atoms with Gasteiger partial charge in [-0.15, -0.1) is 0 Å². The highest BCUT2D eigenvalue weighted by Gasteiger charge is 3.27. The van der Waals surface area contributed by atoms with E-state index in [4.69, 9.17) is 0 Å². The second-order valence-corrected chi connectivity index (χ2v) is 6.61. The van der Waals surface area contributed by atoms with Crippen molar-refractivity contribution in [2.45, 2.75) is 0 Å². The monoisotopic (exact) mass is 280 g/mol. The molecule has 0 aromatic heterocycles. The highest BCUT2D eigenvalue weighted by molar-refractivity contribution is 6.13. The van der Waals surface area contributed by atoms with E-state index >= 15 is 0 Å². The SMILES string of the molecule is O=C(O)C12C3C4C1C1(C(=O)O)C2C3(C(=O)O)C41C(=O)O. The Morgan fingerprint density at radius 1 is 0.700 bits per heavy atom. The molecular formula is C12H8O8. The van der Waals surface area contributed by atoms with Crippen molar-refractivity contribution < 1.29 is 39.6 Å². The first-order valence-corrected chi connectivity index (χ1v) is 6.19. The maximum Gasteiger partial charge on any atom is 0.312 e. The van der Waals surface area contributed by atoms with Gasteiger partial charge in [0.1, 0.15) is 5.41 Å². The van der Waals surface area contributed by atoms with Crippen LogP contribution >= 0.6 is 0 Å². The molecule has 20 heavy (non-hydrogen) atoms. The van der Waals surface area contributed by atoms with Gasteiger partial charge in [-0.2, -0.15) is 0 Å². The van der Waals surface area contributed by atoms with Gasteiger partial charge >= 0.3 is 23.9 Å². The van der Waals surface area contributed by atoms with Crippen LogP contribution in [0.25, 0.3) is 0 Å². The smallest absolute Gasteiger partial charge is 0.312 e. The molecule has 6 rings (SSSR count). The molecule has 0 amide bonds. The lowest BCUT2D eigenvalue weighted by Crippen LogP contribution is -3.22. The molecule has 0 aromatic carbocycles. The molecule has 0 aromatic rings. The van der Waals surface area contributed by atoms with E-state index in [9.17, 15) is 39.6 Å². The van der Waals surface area contributed by atoms with E-state index in [1.165, 1.54) is 0 Å². The van der Waals surface area contributed by atoms with Crippen LogP contribution in [0.15, 0.2) is 0 Å². The van der Waals surface area contributed by atoms with Crippen molar-refractivity contribution in [1.82, 2.24) is 0 Å². The number of carboxylic acids is 4. The van der Waals surface area contributed by atoms with Crippen molar-refractivity contribution in [2.75, 3.05) is 0 Å². The fraction of sp³-hybridized carbons (Fsp3) is 0.667. The third-order valence-corrected chi connectivity index (χ3v) is 7.34. The van der Waals surface area contributed by atoms with Gasteiger partial charge in [-0.3, -0.25) is 19.2 Å². The van der Waals surface area contributed by atoms with E-state index in [-0.39, 0.29) is 0 Å². The number of rotatable bonds is 4. The van der Waals surface area contributed by atoms with Gasteiger partial charge in [0.15, 0.2) is 0 Å². The molecule has 6 saturated carbocycles. The quantitative estimate of drug-likeness (QED) is 0.501. The summed E-state index contributed by atoms with van der Waals surface area (Å²) in [6.07, 6.45) is 0. The molecule has 0 spiro atoms. The predicted molar refractivity (Wildman–Crippen MR) is 54.2 cm³/mol. The fourth-order valence-electron chi connectivity index (χ4n) is 7.63. The van der Waals surface area contributed by atoms with Crippen LogP contribution in [-0.4, -0.2) is 44.3 Å². The molecule has 6 aliphatic carbocycles. The van der Waals surface area contributed by atoms with E-state index < -0.39 is 69.2 Å². The van der Waals surface area contributed by atoms with Gasteiger partial charge in [-0.05, 0) is 17.8 Å². The van der Waals surface area contributed by atoms with Crippen LogP contribution in [0.4, 0.5) is 0 Å². The number of hydrogen-bond donors (Lipinski definition) is 4. The van der Waals surface area contributed by atoms with Gasteiger partial charge in [-0.25, -0.2) is 0 Å². The summed E-state index contributed by atoms with van der Waals surface area (Å²) in [5.74, 6) is -8.42. The Hall–Kier alpha value is -2.12. The minimum atomic E-state index is -1.78. The average Bonchev–Trinajstić information content (AvgIpc) is 2.35. The van der Waals surface area contributed by atoms with Crippen LogP contribution in [-0.2, 0) is 19.2 Å². The molecule has 0 bridgehead atoms. The standard InChI is InChI=1S/C12H8O8/c13-5(14)9-2-1-3(9)11(7(17)18)4(9)10(2,6(15)16)12(1,11)8(19)20/h1-4H,(H,13,14)(H,15,16)(H,17,18)(H,19,20). The largest absolute Gasteiger partial charge is 0.481 e. The topological polar surface area (TPSA) is 149 Å². The Balaban J connectivity index is 1.79. The Morgan fingerprint density at radius 3 is 1.45 bits per heavy atom. The molecule has 8 nitrogen and oxygen atoms in total. The van der Waals surface area contributed by atoms with Gasteiger partial charge in [0.25, 0.3) is 0 Å². The lowest BCUT2D eigenvalue weighted by molar-refractivity contribution is -0.685. The zero-order valence-corrected chi connectivity index (χ0v) is 9.73. The Labute approximate surface area is 110 Å². The van der Waals surface area contributed by atoms with Gasteiger partial charge in [0, 0.05) is 5.92 Å². The van der Waals surface area contributed by atoms with E-state index in [0.717, 1.165) is 0 Å². The Kier molecular flexibility index (Phi) is 1.08. The summed E-state index contributed by atoms with van der Waals surface area (Å²) in [6, 6.07) is 0. The second kappa shape index (κ2) is 2.02. The highest BCUT2D eigenvalue weighted by Crippen LogP contribution is 3.18. The minimum Gasteiger partial charge on any atom is -0.481 e. The molecule has 6 fully saturated rings. The van der Waals surface area contributed by atoms with Gasteiger partial charge < -0.3 is 20.4 Å². The number of carboxylic acid groups (broad SMARTS) is 4. The van der Waals surface area contributed by atoms with Crippen molar-refractivity contribution in [2.24, 2.45) is 45.3 Å². The summed E-state index contributed by atoms with van der Waals surface area (Å²) < 4.78 is 0. The van der Waals surface area contributed by atoms with Crippen molar-refractivity contribution >= 4 is 23.9 Å². The maximum absolute atomic E-state index is 11.6. The molecule has 4 unspecified atom stereocenters. The third-order valence-electron chi connectivity index (χ3n) is 7.34. The van der Waals surface area contributed by atoms with Crippen LogP contribution in [0.5, 0.6) is 0 Å². The number of hydrogen-bond acceptors (Lipinski definition) is 4. The van der Waals surface area contributed by atoms with Crippen molar-refractivity contribution in [3.05, 3.63) is 0 Å². The fourth-order valence-corrected chi connectivity index (χ4v) is 7.63. The molecule has 8 heteroatoms. The van der Waals surface area contributed by atoms with Crippen molar-refractivity contribution in [3.8, 4) is 0 Å². The van der Waals surface area contributed by atoms with Crippen LogP contribution in [0.3, 0.4) is 0 Å². The van der Waals surface area contributed by atoms with Crippen LogP contribution < -0.4 is 0 Å². The van der Waals surface area contributed by atoms with Gasteiger partial charge in [0.2, 0.25) is 0 Å². The third kappa shape index (κ3) is 0.382. The zero-order valence-electron chi connectivity index (χ0n) is 9.73. The number of aliphatic carboxylic acids is 4. The first-order chi connectivity index (χ1) is 9.25. The molecule has 0 saturated heterocycles. The average molecular weight is 280 g/mol. The summed E-state index contributed by atoms with van der Waals surface area (Å²) in [6.45, 7) is 0. The molecule has 0 heterocycles. The van der Waals surface area contributed by atoms with Gasteiger partial charge in [-0.1, -0.05) is 0 Å². The summed E-state index contributed by atoms with van der Waals surface area (Å²) in [5, 5.41) is 37.6. The summed E-state index contributed by atoms with van der Waals surface area (Å²) in [7, 11) is 0. The molecule has 0 radical (unpaired) electrons. The van der Waals surface area contributed by atoms with E-state index in [1.807, 2.05) is 0 Å². The van der Waals surface area contributed by atoms with Crippen molar-refractivity contribution in [1.29, 1.82) is 0 Å². The summed E-state index contributed by atoms with van der Waals surface area (Å²) in [4.78, 5) is 46.2. The van der Waals surface area contributed by atoms with Crippen LogP contribution in [0.2, 0.25) is 0 Å². The first kappa shape index (κ1) is 10.6. The first-order valence-electron chi connectivity index (χ1n) is 6.19. The summed E-state index contributed by atoms with van der Waals surface area (Å²) in [5.41, 5.74) is -6.42. The highest BCUT2D eigenvalue weighted by atomic mass is 16.4. The predicted octanol–water partition coefficient (Wildman–Crippen LogP) is -1.20. The molecule has 6 aliphatic rings. The minimum absolute atomic E-state index is 0.603. The van der Waals surface area contributed by atoms with E-state index in [2.05, 4.69) is 0 Å². The second-order valence-electron chi connectivity index (χ2n) is 6.61. The summed E-state index contributed by atoms with van der Waals surface area (Å²) >= 11 is 0. The van der Waals surface area contributed by atoms with E-state index in [1.54, 1.807) is 0 Å². The number of carbonyl (C=O) groups is 4. The molecule has 104 valence electrons. The zero-order chi connectivity index (χ0) is 14.6. The Bertz CT molecular complexity index is 670. The van der Waals surface area contributed by atoms with Crippen LogP contribution in [0.1, 0.15) is 0 Å². The molecule has 0 aliphatic heterocycles. The Morgan fingerprint density at radius 2 is 1.15 bits per heavy atom. The lowest BCUT2D eigenvalue weighted by atomic mass is 8.84. The molecular weight excluding hydrogens is 272 g/mol.